The van der Waals surface area contributed by atoms with Crippen molar-refractivity contribution < 1.29 is 9.90 Å². The Kier molecular flexibility index (Phi) is 8.65. The van der Waals surface area contributed by atoms with Gasteiger partial charge < -0.3 is 15.3 Å². The lowest BCUT2D eigenvalue weighted by atomic mass is 9.91. The molecule has 158 valence electrons. The summed E-state index contributed by atoms with van der Waals surface area (Å²) in [6.45, 7) is 9.50. The zero-order valence-corrected chi connectivity index (χ0v) is 17.9. The predicted octanol–water partition coefficient (Wildman–Crippen LogP) is 0.821. The lowest BCUT2D eigenvalue weighted by molar-refractivity contribution is -0.135. The van der Waals surface area contributed by atoms with Gasteiger partial charge in [0.15, 0.2) is 0 Å². The molecule has 0 aromatic heterocycles. The van der Waals surface area contributed by atoms with Gasteiger partial charge in [0.05, 0.1) is 6.61 Å². The Hall–Kier alpha value is -0.110. The second-order valence-corrected chi connectivity index (χ2v) is 8.53. The normalized spacial score (nSPS) is 29.1. The number of carbonyl (C=O) groups is 1. The fourth-order valence-electron chi connectivity index (χ4n) is 5.34. The van der Waals surface area contributed by atoms with Crippen LogP contribution in [0.3, 0.4) is 0 Å². The van der Waals surface area contributed by atoms with Gasteiger partial charge in [-0.25, -0.2) is 0 Å². The van der Waals surface area contributed by atoms with Crippen molar-refractivity contribution in [3.05, 3.63) is 0 Å². The number of aliphatic hydroxyl groups is 1. The van der Waals surface area contributed by atoms with Crippen LogP contribution in [0, 0.1) is 11.3 Å². The molecular formula is C19H36Cl2N4O2. The third-order valence-corrected chi connectivity index (χ3v) is 7.20. The van der Waals surface area contributed by atoms with Crippen LogP contribution in [-0.4, -0.2) is 97.3 Å². The Labute approximate surface area is 175 Å². The molecule has 1 aliphatic carbocycles. The molecule has 3 aliphatic heterocycles. The van der Waals surface area contributed by atoms with Crippen molar-refractivity contribution in [1.29, 1.82) is 0 Å². The van der Waals surface area contributed by atoms with Crippen LogP contribution < -0.4 is 5.32 Å². The Morgan fingerprint density at radius 2 is 1.63 bits per heavy atom. The molecule has 27 heavy (non-hydrogen) atoms. The smallest absolute Gasteiger partial charge is 0.226 e. The summed E-state index contributed by atoms with van der Waals surface area (Å²) in [6.07, 6.45) is 5.79. The van der Waals surface area contributed by atoms with Crippen molar-refractivity contribution in [3.63, 3.8) is 0 Å². The van der Waals surface area contributed by atoms with E-state index in [1.165, 1.54) is 12.8 Å². The van der Waals surface area contributed by atoms with Crippen LogP contribution in [0.15, 0.2) is 0 Å². The summed E-state index contributed by atoms with van der Waals surface area (Å²) in [7, 11) is 0. The van der Waals surface area contributed by atoms with Gasteiger partial charge in [-0.15, -0.1) is 24.8 Å². The molecule has 8 heteroatoms. The Morgan fingerprint density at radius 1 is 1.00 bits per heavy atom. The molecule has 3 saturated heterocycles. The molecule has 0 aromatic carbocycles. The quantitative estimate of drug-likeness (QED) is 0.702. The number of hydrogen-bond donors (Lipinski definition) is 2. The Morgan fingerprint density at radius 3 is 2.22 bits per heavy atom. The molecule has 1 atom stereocenters. The number of piperazine rings is 1. The number of likely N-dealkylation sites (tertiary alicyclic amines) is 1. The van der Waals surface area contributed by atoms with E-state index < -0.39 is 0 Å². The molecule has 4 aliphatic rings. The van der Waals surface area contributed by atoms with Gasteiger partial charge in [0, 0.05) is 57.8 Å². The van der Waals surface area contributed by atoms with Crippen LogP contribution in [0.1, 0.15) is 32.1 Å². The number of hydrogen-bond acceptors (Lipinski definition) is 5. The van der Waals surface area contributed by atoms with Gasteiger partial charge in [-0.3, -0.25) is 14.6 Å². The van der Waals surface area contributed by atoms with Crippen LogP contribution in [0.5, 0.6) is 0 Å². The fraction of sp³-hybridized carbons (Fsp3) is 0.947. The number of piperidine rings is 2. The van der Waals surface area contributed by atoms with E-state index in [-0.39, 0.29) is 31.4 Å². The summed E-state index contributed by atoms with van der Waals surface area (Å²) < 4.78 is 0. The molecule has 1 unspecified atom stereocenters. The summed E-state index contributed by atoms with van der Waals surface area (Å²) in [4.78, 5) is 20.0. The van der Waals surface area contributed by atoms with Gasteiger partial charge in [-0.2, -0.15) is 0 Å². The number of rotatable bonds is 4. The SMILES string of the molecule is Cl.Cl.O=C(C1CC12CCNCC2)N1CCC(N2CCN(CCO)CC2)CC1. The van der Waals surface area contributed by atoms with Crippen LogP contribution >= 0.6 is 24.8 Å². The predicted molar refractivity (Wildman–Crippen MR) is 112 cm³/mol. The first-order chi connectivity index (χ1) is 12.2. The summed E-state index contributed by atoms with van der Waals surface area (Å²) in [6, 6.07) is 0.646. The maximum Gasteiger partial charge on any atom is 0.226 e. The zero-order valence-electron chi connectivity index (χ0n) is 16.3. The molecular weight excluding hydrogens is 387 g/mol. The van der Waals surface area contributed by atoms with Crippen molar-refractivity contribution in [3.8, 4) is 0 Å². The van der Waals surface area contributed by atoms with Crippen LogP contribution in [0.4, 0.5) is 0 Å². The van der Waals surface area contributed by atoms with Gasteiger partial charge >= 0.3 is 0 Å². The maximum absolute atomic E-state index is 12.9. The van der Waals surface area contributed by atoms with Gasteiger partial charge in [-0.1, -0.05) is 0 Å². The van der Waals surface area contributed by atoms with Gasteiger partial charge in [0.2, 0.25) is 5.91 Å². The van der Waals surface area contributed by atoms with E-state index in [9.17, 15) is 4.79 Å². The van der Waals surface area contributed by atoms with Crippen molar-refractivity contribution in [2.24, 2.45) is 11.3 Å². The monoisotopic (exact) mass is 422 g/mol. The second kappa shape index (κ2) is 10.1. The van der Waals surface area contributed by atoms with E-state index in [0.717, 1.165) is 78.2 Å². The standard InChI is InChI=1S/C19H34N4O2.2ClH/c24-14-13-21-9-11-22(12-10-21)16-1-7-23(8-2-16)18(25)17-15-19(17)3-5-20-6-4-19;;/h16-17,20,24H,1-15H2;2*1H. The van der Waals surface area contributed by atoms with E-state index >= 15 is 0 Å². The molecule has 0 radical (unpaired) electrons. The molecule has 1 spiro atoms. The number of carbonyl (C=O) groups excluding carboxylic acids is 1. The topological polar surface area (TPSA) is 59.1 Å². The maximum atomic E-state index is 12.9. The van der Waals surface area contributed by atoms with Gasteiger partial charge in [0.25, 0.3) is 0 Å². The highest BCUT2D eigenvalue weighted by molar-refractivity contribution is 5.85. The largest absolute Gasteiger partial charge is 0.395 e. The Balaban J connectivity index is 0.00000131. The highest BCUT2D eigenvalue weighted by Gasteiger charge is 2.58. The fourth-order valence-corrected chi connectivity index (χ4v) is 5.34. The number of nitrogens with zero attached hydrogens (tertiary/aromatic N) is 3. The van der Waals surface area contributed by atoms with Crippen LogP contribution in [-0.2, 0) is 4.79 Å². The zero-order chi connectivity index (χ0) is 17.3. The van der Waals surface area contributed by atoms with E-state index in [4.69, 9.17) is 5.11 Å². The molecule has 1 amide bonds. The highest BCUT2D eigenvalue weighted by atomic mass is 35.5. The number of nitrogens with one attached hydrogen (secondary N) is 1. The van der Waals surface area contributed by atoms with E-state index in [2.05, 4.69) is 20.0 Å². The van der Waals surface area contributed by atoms with Gasteiger partial charge in [0.1, 0.15) is 0 Å². The molecule has 3 heterocycles. The molecule has 4 rings (SSSR count). The number of amides is 1. The van der Waals surface area contributed by atoms with Crippen LogP contribution in [0.25, 0.3) is 0 Å². The summed E-state index contributed by atoms with van der Waals surface area (Å²) in [5, 5.41) is 12.5. The van der Waals surface area contributed by atoms with Crippen molar-refractivity contribution in [2.45, 2.75) is 38.1 Å². The molecule has 6 nitrogen and oxygen atoms in total. The molecule has 0 aromatic rings. The van der Waals surface area contributed by atoms with E-state index in [1.807, 2.05) is 0 Å². The van der Waals surface area contributed by atoms with E-state index in [0.29, 0.717) is 23.3 Å². The molecule has 1 saturated carbocycles. The minimum absolute atomic E-state index is 0. The minimum atomic E-state index is 0. The summed E-state index contributed by atoms with van der Waals surface area (Å²) in [5.41, 5.74) is 0.363. The molecule has 2 N–H and O–H groups in total. The Bertz CT molecular complexity index is 474. The molecule has 0 bridgehead atoms. The van der Waals surface area contributed by atoms with Crippen molar-refractivity contribution in [1.82, 2.24) is 20.0 Å². The van der Waals surface area contributed by atoms with E-state index in [1.54, 1.807) is 0 Å². The van der Waals surface area contributed by atoms with Crippen molar-refractivity contribution in [2.75, 3.05) is 65.5 Å². The minimum Gasteiger partial charge on any atom is -0.395 e. The van der Waals surface area contributed by atoms with Crippen molar-refractivity contribution >= 4 is 30.7 Å². The lowest BCUT2D eigenvalue weighted by Crippen LogP contribution is -2.54. The number of aliphatic hydroxyl groups excluding tert-OH is 1. The average molecular weight is 423 g/mol. The number of halogens is 2. The third kappa shape index (κ3) is 5.09. The first-order valence-electron chi connectivity index (χ1n) is 10.3. The first-order valence-corrected chi connectivity index (χ1v) is 10.3. The average Bonchev–Trinajstić information content (AvgIpc) is 3.35. The lowest BCUT2D eigenvalue weighted by Gasteiger charge is -2.43. The van der Waals surface area contributed by atoms with Crippen LogP contribution in [0.2, 0.25) is 0 Å². The number of β-amino-alcohol motifs (C(OH)–C–C–N with tert-alkyl or cyclic N) is 1. The highest BCUT2D eigenvalue weighted by Crippen LogP contribution is 2.59. The molecule has 4 fully saturated rings. The van der Waals surface area contributed by atoms with Gasteiger partial charge in [-0.05, 0) is 50.6 Å². The second-order valence-electron chi connectivity index (χ2n) is 8.53. The first kappa shape index (κ1) is 23.2. The third-order valence-electron chi connectivity index (χ3n) is 7.20. The summed E-state index contributed by atoms with van der Waals surface area (Å²) in [5.74, 6) is 0.779. The summed E-state index contributed by atoms with van der Waals surface area (Å²) >= 11 is 0.